The Morgan fingerprint density at radius 2 is 1.92 bits per heavy atom. The summed E-state index contributed by atoms with van der Waals surface area (Å²) in [4.78, 5) is 0. The minimum atomic E-state index is -0.863. The van der Waals surface area contributed by atoms with Gasteiger partial charge in [-0.05, 0) is 30.6 Å². The van der Waals surface area contributed by atoms with E-state index in [4.69, 9.17) is 6.42 Å². The van der Waals surface area contributed by atoms with E-state index in [9.17, 15) is 5.11 Å². The predicted octanol–water partition coefficient (Wildman–Crippen LogP) is 2.05. The summed E-state index contributed by atoms with van der Waals surface area (Å²) in [6, 6.07) is 0. The van der Waals surface area contributed by atoms with Crippen LogP contribution in [0.1, 0.15) is 33.6 Å². The molecule has 1 fully saturated rings. The third kappa shape index (κ3) is 1.25. The fourth-order valence-corrected chi connectivity index (χ4v) is 2.14. The summed E-state index contributed by atoms with van der Waals surface area (Å²) < 4.78 is 0. The second-order valence-electron chi connectivity index (χ2n) is 4.21. The third-order valence-electron chi connectivity index (χ3n) is 3.59. The molecular formula is C11H18O. The molecule has 0 saturated heterocycles. The van der Waals surface area contributed by atoms with Crippen LogP contribution in [-0.4, -0.2) is 10.7 Å². The summed E-state index contributed by atoms with van der Waals surface area (Å²) in [5, 5.41) is 10.2. The van der Waals surface area contributed by atoms with Crippen molar-refractivity contribution in [3.8, 4) is 12.3 Å². The van der Waals surface area contributed by atoms with Gasteiger partial charge in [-0.15, -0.1) is 6.42 Å². The van der Waals surface area contributed by atoms with Crippen molar-refractivity contribution in [2.45, 2.75) is 39.2 Å². The van der Waals surface area contributed by atoms with Crippen molar-refractivity contribution in [2.75, 3.05) is 0 Å². The van der Waals surface area contributed by atoms with Crippen LogP contribution in [0.4, 0.5) is 0 Å². The SMILES string of the molecule is C#CC1(O)C(C)CCC(C)C1C. The van der Waals surface area contributed by atoms with Crippen molar-refractivity contribution in [3.05, 3.63) is 0 Å². The zero-order valence-electron chi connectivity index (χ0n) is 8.17. The van der Waals surface area contributed by atoms with Crippen molar-refractivity contribution < 1.29 is 5.11 Å². The van der Waals surface area contributed by atoms with Gasteiger partial charge in [0.05, 0.1) is 0 Å². The van der Waals surface area contributed by atoms with E-state index in [0.29, 0.717) is 5.92 Å². The summed E-state index contributed by atoms with van der Waals surface area (Å²) in [6.07, 6.45) is 7.62. The topological polar surface area (TPSA) is 20.2 Å². The Bertz CT molecular complexity index is 204. The van der Waals surface area contributed by atoms with Gasteiger partial charge in [-0.3, -0.25) is 0 Å². The fourth-order valence-electron chi connectivity index (χ4n) is 2.14. The largest absolute Gasteiger partial charge is 0.377 e. The van der Waals surface area contributed by atoms with Crippen LogP contribution < -0.4 is 0 Å². The summed E-state index contributed by atoms with van der Waals surface area (Å²) in [5.74, 6) is 3.58. The molecule has 0 amide bonds. The van der Waals surface area contributed by atoms with E-state index in [1.165, 1.54) is 6.42 Å². The molecule has 0 aliphatic heterocycles. The molecule has 4 unspecified atom stereocenters. The monoisotopic (exact) mass is 166 g/mol. The molecular weight excluding hydrogens is 148 g/mol. The van der Waals surface area contributed by atoms with Crippen LogP contribution >= 0.6 is 0 Å². The van der Waals surface area contributed by atoms with Gasteiger partial charge in [0.1, 0.15) is 5.60 Å². The van der Waals surface area contributed by atoms with Crippen LogP contribution in [0.5, 0.6) is 0 Å². The highest BCUT2D eigenvalue weighted by Gasteiger charge is 2.43. The van der Waals surface area contributed by atoms with Crippen molar-refractivity contribution in [1.82, 2.24) is 0 Å². The molecule has 0 bridgehead atoms. The lowest BCUT2D eigenvalue weighted by atomic mass is 9.66. The minimum Gasteiger partial charge on any atom is -0.377 e. The summed E-state index contributed by atoms with van der Waals surface area (Å²) in [5.41, 5.74) is -0.863. The van der Waals surface area contributed by atoms with Crippen LogP contribution in [0.15, 0.2) is 0 Å². The van der Waals surface area contributed by atoms with Crippen LogP contribution in [0.3, 0.4) is 0 Å². The lowest BCUT2D eigenvalue weighted by molar-refractivity contribution is -0.0542. The Balaban J connectivity index is 2.87. The minimum absolute atomic E-state index is 0.228. The second kappa shape index (κ2) is 3.11. The lowest BCUT2D eigenvalue weighted by Gasteiger charge is -2.43. The molecule has 1 N–H and O–H groups in total. The summed E-state index contributed by atoms with van der Waals surface area (Å²) in [7, 11) is 0. The van der Waals surface area contributed by atoms with Gasteiger partial charge in [-0.2, -0.15) is 0 Å². The molecule has 0 aromatic rings. The molecule has 12 heavy (non-hydrogen) atoms. The second-order valence-corrected chi connectivity index (χ2v) is 4.21. The highest BCUT2D eigenvalue weighted by molar-refractivity contribution is 5.14. The summed E-state index contributed by atoms with van der Waals surface area (Å²) in [6.45, 7) is 6.27. The van der Waals surface area contributed by atoms with E-state index in [2.05, 4.69) is 19.8 Å². The van der Waals surface area contributed by atoms with E-state index in [0.717, 1.165) is 6.42 Å². The number of hydrogen-bond acceptors (Lipinski definition) is 1. The normalized spacial score (nSPS) is 48.4. The third-order valence-corrected chi connectivity index (χ3v) is 3.59. The first-order valence-corrected chi connectivity index (χ1v) is 4.72. The predicted molar refractivity (Wildman–Crippen MR) is 50.5 cm³/mol. The molecule has 1 heteroatoms. The first kappa shape index (κ1) is 9.61. The van der Waals surface area contributed by atoms with E-state index < -0.39 is 5.60 Å². The van der Waals surface area contributed by atoms with Crippen LogP contribution in [-0.2, 0) is 0 Å². The molecule has 1 rings (SSSR count). The van der Waals surface area contributed by atoms with E-state index in [-0.39, 0.29) is 11.8 Å². The Morgan fingerprint density at radius 3 is 2.33 bits per heavy atom. The maximum atomic E-state index is 10.2. The maximum absolute atomic E-state index is 10.2. The van der Waals surface area contributed by atoms with Gasteiger partial charge in [-0.25, -0.2) is 0 Å². The Kier molecular flexibility index (Phi) is 2.49. The van der Waals surface area contributed by atoms with E-state index in [1.54, 1.807) is 0 Å². The average Bonchev–Trinajstić information content (AvgIpc) is 2.08. The Labute approximate surface area is 75.2 Å². The number of rotatable bonds is 0. The molecule has 0 aromatic carbocycles. The van der Waals surface area contributed by atoms with Gasteiger partial charge < -0.3 is 5.11 Å². The van der Waals surface area contributed by atoms with E-state index >= 15 is 0 Å². The Morgan fingerprint density at radius 1 is 1.33 bits per heavy atom. The van der Waals surface area contributed by atoms with Crippen LogP contribution in [0.25, 0.3) is 0 Å². The molecule has 68 valence electrons. The summed E-state index contributed by atoms with van der Waals surface area (Å²) >= 11 is 0. The van der Waals surface area contributed by atoms with Gasteiger partial charge in [-0.1, -0.05) is 26.7 Å². The molecule has 0 spiro atoms. The van der Waals surface area contributed by atoms with Gasteiger partial charge in [0.2, 0.25) is 0 Å². The zero-order valence-corrected chi connectivity index (χ0v) is 8.17. The van der Waals surface area contributed by atoms with Gasteiger partial charge in [0.15, 0.2) is 0 Å². The first-order chi connectivity index (χ1) is 5.52. The molecule has 1 aliphatic carbocycles. The standard InChI is InChI=1S/C11H18O/c1-5-11(12)9(3)7-6-8(2)10(11)4/h1,8-10,12H,6-7H2,2-4H3. The average molecular weight is 166 g/mol. The van der Waals surface area contributed by atoms with Gasteiger partial charge >= 0.3 is 0 Å². The number of aliphatic hydroxyl groups is 1. The zero-order chi connectivity index (χ0) is 9.35. The van der Waals surface area contributed by atoms with Crippen molar-refractivity contribution in [3.63, 3.8) is 0 Å². The highest BCUT2D eigenvalue weighted by Crippen LogP contribution is 2.40. The van der Waals surface area contributed by atoms with Crippen LogP contribution in [0.2, 0.25) is 0 Å². The molecule has 0 aromatic heterocycles. The smallest absolute Gasteiger partial charge is 0.130 e. The maximum Gasteiger partial charge on any atom is 0.130 e. The number of terminal acetylenes is 1. The van der Waals surface area contributed by atoms with E-state index in [1.807, 2.05) is 6.92 Å². The lowest BCUT2D eigenvalue weighted by Crippen LogP contribution is -2.47. The van der Waals surface area contributed by atoms with Gasteiger partial charge in [0.25, 0.3) is 0 Å². The fraction of sp³-hybridized carbons (Fsp3) is 0.818. The van der Waals surface area contributed by atoms with Crippen LogP contribution in [0, 0.1) is 30.1 Å². The highest BCUT2D eigenvalue weighted by atomic mass is 16.3. The molecule has 1 saturated carbocycles. The molecule has 1 nitrogen and oxygen atoms in total. The van der Waals surface area contributed by atoms with Gasteiger partial charge in [0, 0.05) is 0 Å². The number of hydrogen-bond donors (Lipinski definition) is 1. The quantitative estimate of drug-likeness (QED) is 0.546. The molecule has 0 heterocycles. The molecule has 4 atom stereocenters. The molecule has 0 radical (unpaired) electrons. The van der Waals surface area contributed by atoms with Crippen molar-refractivity contribution in [1.29, 1.82) is 0 Å². The van der Waals surface area contributed by atoms with Crippen molar-refractivity contribution in [2.24, 2.45) is 17.8 Å². The molecule has 1 aliphatic rings. The van der Waals surface area contributed by atoms with Crippen molar-refractivity contribution >= 4 is 0 Å². The first-order valence-electron chi connectivity index (χ1n) is 4.72. The Hall–Kier alpha value is -0.480.